The van der Waals surface area contributed by atoms with Crippen molar-refractivity contribution in [3.05, 3.63) is 70.5 Å². The van der Waals surface area contributed by atoms with E-state index in [2.05, 4.69) is 27.5 Å². The van der Waals surface area contributed by atoms with Crippen LogP contribution in [0.15, 0.2) is 42.6 Å². The Kier molecular flexibility index (Phi) is 8.78. The summed E-state index contributed by atoms with van der Waals surface area (Å²) in [6.45, 7) is 5.59. The highest BCUT2D eigenvalue weighted by Gasteiger charge is 2.35. The molecule has 8 rings (SSSR count). The normalized spacial score (nSPS) is 18.3. The highest BCUT2D eigenvalue weighted by atomic mass is 32.2. The van der Waals surface area contributed by atoms with Crippen molar-refractivity contribution in [3.63, 3.8) is 0 Å². The summed E-state index contributed by atoms with van der Waals surface area (Å²) in [4.78, 5) is 29.5. The van der Waals surface area contributed by atoms with Gasteiger partial charge in [-0.05, 0) is 98.6 Å². The average Bonchev–Trinajstić information content (AvgIpc) is 3.85. The van der Waals surface area contributed by atoms with Gasteiger partial charge in [-0.2, -0.15) is 5.10 Å². The first kappa shape index (κ1) is 33.7. The van der Waals surface area contributed by atoms with Gasteiger partial charge in [0, 0.05) is 35.1 Å². The van der Waals surface area contributed by atoms with E-state index in [0.29, 0.717) is 44.3 Å². The van der Waals surface area contributed by atoms with Crippen LogP contribution in [-0.2, 0) is 21.3 Å². The Morgan fingerprint density at radius 3 is 2.45 bits per heavy atom. The van der Waals surface area contributed by atoms with Gasteiger partial charge in [0.2, 0.25) is 10.0 Å². The van der Waals surface area contributed by atoms with Crippen LogP contribution in [0.4, 0.5) is 0 Å². The van der Waals surface area contributed by atoms with Crippen molar-refractivity contribution in [1.29, 1.82) is 0 Å². The van der Waals surface area contributed by atoms with Crippen molar-refractivity contribution >= 4 is 44.4 Å². The summed E-state index contributed by atoms with van der Waals surface area (Å²) < 4.78 is 43.3. The number of carbonyl (C=O) groups is 2. The summed E-state index contributed by atoms with van der Waals surface area (Å²) in [5, 5.41) is 5.13. The minimum Gasteiger partial charge on any atom is -0.497 e. The average molecular weight is 712 g/mol. The summed E-state index contributed by atoms with van der Waals surface area (Å²) in [5.74, 6) is 0.353. The Morgan fingerprint density at radius 1 is 0.980 bits per heavy atom. The van der Waals surface area contributed by atoms with E-state index >= 15 is 0 Å². The highest BCUT2D eigenvalue weighted by Crippen LogP contribution is 2.48. The smallest absolute Gasteiger partial charge is 0.264 e. The molecule has 4 heterocycles. The number of nitrogens with zero attached hydrogens (tertiary/aromatic N) is 4. The zero-order valence-corrected chi connectivity index (χ0v) is 30.3. The topological polar surface area (TPSA) is 125 Å². The standard InChI is InChI=1S/C39H45N5O6S/c1-24(2)51(47,48)41-38(45)26-9-13-32-34(21-26)43-23-28(36-33(22-40-44(36)29-10-11-29)39(46)42-15-17-50-18-16-42)19-27-20-30(49-3)12-14-31(27)37(43)35(32)25-7-5-4-6-8-25/h9,12-14,19-22,24-25,29H,4-8,10-11,15-18,23H2,1-3H3,(H,41,45). The second kappa shape index (κ2) is 13.3. The van der Waals surface area contributed by atoms with Crippen LogP contribution in [0.1, 0.15) is 108 Å². The van der Waals surface area contributed by atoms with Crippen molar-refractivity contribution in [1.82, 2.24) is 24.0 Å². The third-order valence-corrected chi connectivity index (χ3v) is 12.6. The van der Waals surface area contributed by atoms with Gasteiger partial charge in [0.25, 0.3) is 11.8 Å². The maximum absolute atomic E-state index is 14.2. The number of carbonyl (C=O) groups excluding carboxylic acids is 2. The molecule has 0 atom stereocenters. The van der Waals surface area contributed by atoms with Gasteiger partial charge in [-0.15, -0.1) is 0 Å². The fourth-order valence-corrected chi connectivity index (χ4v) is 8.62. The molecule has 0 radical (unpaired) electrons. The molecular formula is C39H45N5O6S. The first-order chi connectivity index (χ1) is 24.6. The molecule has 2 saturated carbocycles. The van der Waals surface area contributed by atoms with Gasteiger partial charge in [-0.1, -0.05) is 25.3 Å². The van der Waals surface area contributed by atoms with Gasteiger partial charge >= 0.3 is 0 Å². The SMILES string of the molecule is COc1ccc2c(c1)C=C(c1c(C(=O)N3CCOCC3)cnn1C1CC1)Cn1c-2c(C2CCCCC2)c2ccc(C(=O)NS(=O)(=O)C(C)C)cc21. The molecule has 0 spiro atoms. The molecule has 4 aromatic rings. The second-order valence-electron chi connectivity index (χ2n) is 14.6. The van der Waals surface area contributed by atoms with E-state index in [1.165, 1.54) is 12.0 Å². The Morgan fingerprint density at radius 2 is 1.75 bits per heavy atom. The molecule has 268 valence electrons. The molecule has 4 aliphatic rings. The molecule has 2 aliphatic heterocycles. The van der Waals surface area contributed by atoms with Crippen LogP contribution in [0.3, 0.4) is 0 Å². The van der Waals surface area contributed by atoms with Gasteiger partial charge in [0.1, 0.15) is 5.75 Å². The van der Waals surface area contributed by atoms with Crippen LogP contribution >= 0.6 is 0 Å². The lowest BCUT2D eigenvalue weighted by atomic mass is 9.81. The third kappa shape index (κ3) is 6.16. The Bertz CT molecular complexity index is 2160. The van der Waals surface area contributed by atoms with E-state index in [9.17, 15) is 18.0 Å². The minimum absolute atomic E-state index is 0.0537. The molecule has 3 fully saturated rings. The van der Waals surface area contributed by atoms with Crippen LogP contribution in [0.25, 0.3) is 33.8 Å². The van der Waals surface area contributed by atoms with Crippen molar-refractivity contribution in [2.45, 2.75) is 82.5 Å². The van der Waals surface area contributed by atoms with E-state index < -0.39 is 21.2 Å². The van der Waals surface area contributed by atoms with Gasteiger partial charge < -0.3 is 18.9 Å². The highest BCUT2D eigenvalue weighted by molar-refractivity contribution is 7.90. The van der Waals surface area contributed by atoms with Crippen LogP contribution in [0.5, 0.6) is 5.75 Å². The van der Waals surface area contributed by atoms with E-state index in [-0.39, 0.29) is 17.5 Å². The van der Waals surface area contributed by atoms with E-state index in [0.717, 1.165) is 83.3 Å². The van der Waals surface area contributed by atoms with E-state index in [4.69, 9.17) is 14.6 Å². The molecule has 1 N–H and O–H groups in total. The fraction of sp³-hybridized carbons (Fsp3) is 0.462. The predicted molar refractivity (Wildman–Crippen MR) is 196 cm³/mol. The number of hydrogen-bond acceptors (Lipinski definition) is 7. The zero-order valence-electron chi connectivity index (χ0n) is 29.5. The van der Waals surface area contributed by atoms with Crippen molar-refractivity contribution in [3.8, 4) is 17.0 Å². The molecule has 11 nitrogen and oxygen atoms in total. The van der Waals surface area contributed by atoms with Crippen molar-refractivity contribution < 1.29 is 27.5 Å². The number of nitrogens with one attached hydrogen (secondary N) is 1. The summed E-state index contributed by atoms with van der Waals surface area (Å²) >= 11 is 0. The summed E-state index contributed by atoms with van der Waals surface area (Å²) in [6.07, 6.45) is 11.6. The lowest BCUT2D eigenvalue weighted by molar-refractivity contribution is 0.0302. The van der Waals surface area contributed by atoms with Crippen molar-refractivity contribution in [2.24, 2.45) is 0 Å². The molecule has 0 unspecified atom stereocenters. The second-order valence-corrected chi connectivity index (χ2v) is 16.8. The van der Waals surface area contributed by atoms with Gasteiger partial charge in [0.15, 0.2) is 0 Å². The van der Waals surface area contributed by atoms with Crippen LogP contribution < -0.4 is 9.46 Å². The molecule has 2 aromatic carbocycles. The molecule has 2 aliphatic carbocycles. The fourth-order valence-electron chi connectivity index (χ4n) is 8.00. The van der Waals surface area contributed by atoms with Crippen molar-refractivity contribution in [2.75, 3.05) is 33.4 Å². The molecule has 2 aromatic heterocycles. The number of benzene rings is 2. The monoisotopic (exact) mass is 711 g/mol. The maximum atomic E-state index is 14.2. The number of aromatic nitrogens is 3. The maximum Gasteiger partial charge on any atom is 0.264 e. The molecule has 1 saturated heterocycles. The quantitative estimate of drug-likeness (QED) is 0.225. The van der Waals surface area contributed by atoms with Gasteiger partial charge in [-0.25, -0.2) is 13.1 Å². The number of amides is 2. The van der Waals surface area contributed by atoms with Crippen LogP contribution in [-0.4, -0.2) is 78.1 Å². The number of hydrogen-bond donors (Lipinski definition) is 1. The first-order valence-electron chi connectivity index (χ1n) is 18.2. The Hall–Kier alpha value is -4.42. The number of allylic oxidation sites excluding steroid dienone is 1. The number of morpholine rings is 1. The number of methoxy groups -OCH3 is 1. The van der Waals surface area contributed by atoms with Gasteiger partial charge in [0.05, 0.1) is 61.3 Å². The Labute approximate surface area is 298 Å². The summed E-state index contributed by atoms with van der Waals surface area (Å²) in [5.41, 5.74) is 7.84. The predicted octanol–water partition coefficient (Wildman–Crippen LogP) is 6.39. The molecule has 0 bridgehead atoms. The van der Waals surface area contributed by atoms with E-state index in [1.54, 1.807) is 33.2 Å². The molecular weight excluding hydrogens is 667 g/mol. The van der Waals surface area contributed by atoms with E-state index in [1.807, 2.05) is 27.8 Å². The summed E-state index contributed by atoms with van der Waals surface area (Å²) in [7, 11) is -2.16. The minimum atomic E-state index is -3.83. The number of rotatable bonds is 8. The summed E-state index contributed by atoms with van der Waals surface area (Å²) in [6, 6.07) is 12.0. The molecule has 2 amide bonds. The van der Waals surface area contributed by atoms with Crippen LogP contribution in [0, 0.1) is 0 Å². The van der Waals surface area contributed by atoms with Crippen LogP contribution in [0.2, 0.25) is 0 Å². The zero-order chi connectivity index (χ0) is 35.4. The Balaban J connectivity index is 1.35. The largest absolute Gasteiger partial charge is 0.497 e. The van der Waals surface area contributed by atoms with Gasteiger partial charge in [-0.3, -0.25) is 14.3 Å². The number of ether oxygens (including phenoxy) is 2. The number of sulfonamides is 1. The third-order valence-electron chi connectivity index (χ3n) is 10.9. The molecule has 51 heavy (non-hydrogen) atoms. The first-order valence-corrected chi connectivity index (χ1v) is 19.7. The molecule has 12 heteroatoms. The number of fused-ring (bicyclic) bond motifs is 5. The lowest BCUT2D eigenvalue weighted by Crippen LogP contribution is -2.41. The lowest BCUT2D eigenvalue weighted by Gasteiger charge is -2.27.